The number of amides is 9. The van der Waals surface area contributed by atoms with Gasteiger partial charge in [0.15, 0.2) is 23.9 Å². The number of nitrogens with one attached hydrogen (secondary N) is 9. The van der Waals surface area contributed by atoms with Gasteiger partial charge in [0.1, 0.15) is 89.8 Å². The predicted octanol–water partition coefficient (Wildman–Crippen LogP) is 2.66. The fraction of sp³-hybridized carbons (Fsp3) is 0.541. The topological polar surface area (TPSA) is 539 Å². The Hall–Kier alpha value is -9.90. The average Bonchev–Trinajstić information content (AvgIpc) is 0.756. The molecule has 5 aromatic rings. The number of halogens is 1. The van der Waals surface area contributed by atoms with Gasteiger partial charge in [0.2, 0.25) is 59.3 Å². The van der Waals surface area contributed by atoms with E-state index < -0.39 is 199 Å². The lowest BCUT2D eigenvalue weighted by Gasteiger charge is -2.54. The van der Waals surface area contributed by atoms with Crippen LogP contribution in [-0.4, -0.2) is 221 Å². The van der Waals surface area contributed by atoms with Crippen molar-refractivity contribution < 1.29 is 122 Å². The Morgan fingerprint density at radius 3 is 1.99 bits per heavy atom. The number of fused-ring (bicyclic) bond motifs is 15. The fourth-order valence-electron chi connectivity index (χ4n) is 18.1. The molecule has 9 amide bonds. The molecule has 0 radical (unpaired) electrons. The molecule has 20 N–H and O–H groups in total. The van der Waals surface area contributed by atoms with E-state index in [2.05, 4.69) is 47.9 Å². The second-order valence-electron chi connectivity index (χ2n) is 33.6. The normalized spacial score (nSPS) is 30.8. The summed E-state index contributed by atoms with van der Waals surface area (Å²) in [6.07, 6.45) is -14.6. The van der Waals surface area contributed by atoms with Crippen LogP contribution in [0.15, 0.2) is 78.9 Å². The van der Waals surface area contributed by atoms with Crippen LogP contribution in [-0.2, 0) is 62.0 Å². The minimum Gasteiger partial charge on any atom is -0.507 e. The van der Waals surface area contributed by atoms with Crippen LogP contribution in [0, 0.1) is 43.4 Å². The third-order valence-electron chi connectivity index (χ3n) is 24.1. The number of benzene rings is 5. The molecule has 0 spiro atoms. The highest BCUT2D eigenvalue weighted by Crippen LogP contribution is 2.55. The maximum Gasteiger partial charge on any atom is 0.412 e. The number of aliphatic hydroxyl groups is 6. The summed E-state index contributed by atoms with van der Waals surface area (Å²) in [6.45, 7) is 11.9. The first-order valence-corrected chi connectivity index (χ1v) is 41.5. The molecule has 6 fully saturated rings. The molecule has 18 atom stereocenters. The number of hydrogen-bond acceptors (Lipinski definition) is 27. The van der Waals surface area contributed by atoms with Crippen molar-refractivity contribution in [2.75, 3.05) is 46.6 Å². The zero-order valence-electron chi connectivity index (χ0n) is 68.7. The SMILES string of the molecule is CCOCCOCCNC(=O)Oc1cc(C)c2c(c1)[C@@H](C(=O)NC1C3CC4CC(C3)CC1C4)NC(=O)[C@H]1NC(=O)[C@H](NC(=O)[C@@H]3NC(=O)[C@H](CC(N)=O)NC(=O)[C@H](NC(=O)[C@@H](CC(C)C)NC)[C@H](O)c4ccc(c(C)c4)Oc4cc3cc(c4O[C@@H]3O[C@H](CO)[C@@H](O)[C@H](O)[C@H]3O[C@H]3C[C@](C)(N)[C@H](O)[C@H](C)O3)Oc3ccc(cc3Cl)[C@H]1O)c1ccc(O)c-2c1. The van der Waals surface area contributed by atoms with E-state index in [1.807, 2.05) is 20.8 Å². The molecule has 36 nitrogen and oxygen atoms in total. The Balaban J connectivity index is 1.00. The van der Waals surface area contributed by atoms with Crippen molar-refractivity contribution in [3.8, 4) is 51.4 Å². The van der Waals surface area contributed by atoms with Gasteiger partial charge in [-0.2, -0.15) is 0 Å². The molecule has 5 aromatic carbocycles. The van der Waals surface area contributed by atoms with Crippen molar-refractivity contribution in [3.63, 3.8) is 0 Å². The lowest BCUT2D eigenvalue weighted by atomic mass is 9.54. The van der Waals surface area contributed by atoms with Crippen molar-refractivity contribution in [1.82, 2.24) is 47.9 Å². The molecule has 4 saturated carbocycles. The largest absolute Gasteiger partial charge is 0.507 e. The van der Waals surface area contributed by atoms with E-state index >= 15 is 28.8 Å². The van der Waals surface area contributed by atoms with E-state index in [1.165, 1.54) is 94.5 Å². The number of rotatable bonds is 22. The van der Waals surface area contributed by atoms with E-state index in [0.29, 0.717) is 25.0 Å². The molecule has 16 rings (SSSR count). The number of aryl methyl sites for hydroxylation is 2. The lowest BCUT2D eigenvalue weighted by molar-refractivity contribution is -0.333. The van der Waals surface area contributed by atoms with E-state index in [-0.39, 0.29) is 129 Å². The van der Waals surface area contributed by atoms with E-state index in [9.17, 15) is 50.1 Å². The maximum absolute atomic E-state index is 16.5. The number of primary amides is 1. The average molecular weight is 1720 g/mol. The van der Waals surface area contributed by atoms with Crippen LogP contribution in [0.1, 0.15) is 155 Å². The number of phenols is 1. The molecule has 7 heterocycles. The monoisotopic (exact) mass is 1720 g/mol. The van der Waals surface area contributed by atoms with Crippen molar-refractivity contribution in [3.05, 3.63) is 123 Å². The van der Waals surface area contributed by atoms with Crippen LogP contribution < -0.4 is 78.3 Å². The number of likely N-dealkylation sites (N-methyl/N-ethyl adjacent to an activating group) is 1. The van der Waals surface area contributed by atoms with Crippen molar-refractivity contribution in [2.24, 2.45) is 41.1 Å². The first-order chi connectivity index (χ1) is 58.1. The number of ether oxygens (including phenoxy) is 9. The number of hydrogen-bond donors (Lipinski definition) is 18. The Bertz CT molecular complexity index is 4740. The van der Waals surface area contributed by atoms with Gasteiger partial charge in [-0.05, 0) is 215 Å². The summed E-state index contributed by atoms with van der Waals surface area (Å²) < 4.78 is 56.1. The molecule has 4 aliphatic carbocycles. The van der Waals surface area contributed by atoms with Gasteiger partial charge in [0, 0.05) is 36.7 Å². The van der Waals surface area contributed by atoms with E-state index in [4.69, 9.17) is 65.7 Å². The van der Waals surface area contributed by atoms with Crippen LogP contribution in [0.2, 0.25) is 5.02 Å². The third kappa shape index (κ3) is 19.8. The quantitative estimate of drug-likeness (QED) is 0.0443. The first kappa shape index (κ1) is 89.8. The molecule has 0 aromatic heterocycles. The molecule has 660 valence electrons. The molecular weight excluding hydrogens is 1610 g/mol. The number of carbonyl (C=O) groups excluding carboxylic acids is 9. The summed E-state index contributed by atoms with van der Waals surface area (Å²) in [4.78, 5) is 137. The van der Waals surface area contributed by atoms with Gasteiger partial charge in [-0.3, -0.25) is 38.4 Å². The summed E-state index contributed by atoms with van der Waals surface area (Å²) in [5, 5.41) is 108. The summed E-state index contributed by atoms with van der Waals surface area (Å²) in [5.41, 5.74) is 10.6. The van der Waals surface area contributed by atoms with Crippen LogP contribution >= 0.6 is 11.6 Å². The highest BCUT2D eigenvalue weighted by Gasteiger charge is 2.53. The minimum absolute atomic E-state index is 0.00479. The van der Waals surface area contributed by atoms with Gasteiger partial charge in [-0.25, -0.2) is 4.79 Å². The Labute approximate surface area is 708 Å². The number of aliphatic hydroxyl groups excluding tert-OH is 6. The van der Waals surface area contributed by atoms with Crippen molar-refractivity contribution in [2.45, 2.75) is 215 Å². The molecule has 122 heavy (non-hydrogen) atoms. The van der Waals surface area contributed by atoms with Crippen LogP contribution in [0.25, 0.3) is 11.1 Å². The molecule has 15 bridgehead atoms. The van der Waals surface area contributed by atoms with Gasteiger partial charge in [-0.15, -0.1) is 0 Å². The molecule has 7 aliphatic heterocycles. The van der Waals surface area contributed by atoms with Gasteiger partial charge >= 0.3 is 6.09 Å². The molecular formula is C85H108ClN11O25. The highest BCUT2D eigenvalue weighted by atomic mass is 35.5. The second kappa shape index (κ2) is 38.1. The fourth-order valence-corrected chi connectivity index (χ4v) is 18.3. The van der Waals surface area contributed by atoms with Crippen molar-refractivity contribution in [1.29, 1.82) is 0 Å². The highest BCUT2D eigenvalue weighted by molar-refractivity contribution is 6.32. The molecule has 0 unspecified atom stereocenters. The zero-order valence-corrected chi connectivity index (χ0v) is 69.5. The molecule has 11 aliphatic rings. The minimum atomic E-state index is -2.29. The summed E-state index contributed by atoms with van der Waals surface area (Å²) >= 11 is 7.32. The van der Waals surface area contributed by atoms with Gasteiger partial charge in [-0.1, -0.05) is 43.6 Å². The Morgan fingerprint density at radius 2 is 1.34 bits per heavy atom. The summed E-state index contributed by atoms with van der Waals surface area (Å²) in [7, 11) is 1.51. The molecule has 2 saturated heterocycles. The lowest BCUT2D eigenvalue weighted by Crippen LogP contribution is -2.64. The van der Waals surface area contributed by atoms with Crippen molar-refractivity contribution >= 4 is 65.0 Å². The second-order valence-corrected chi connectivity index (χ2v) is 34.0. The zero-order chi connectivity index (χ0) is 87.6. The predicted molar refractivity (Wildman–Crippen MR) is 433 cm³/mol. The summed E-state index contributed by atoms with van der Waals surface area (Å²) in [6, 6.07) is 2.71. The van der Waals surface area contributed by atoms with Crippen LogP contribution in [0.4, 0.5) is 4.79 Å². The van der Waals surface area contributed by atoms with Gasteiger partial charge in [0.25, 0.3) is 0 Å². The van der Waals surface area contributed by atoms with Gasteiger partial charge < -0.3 is 138 Å². The Kier molecular flexibility index (Phi) is 28.0. The maximum atomic E-state index is 16.5. The van der Waals surface area contributed by atoms with Crippen LogP contribution in [0.3, 0.4) is 0 Å². The number of carbonyl (C=O) groups is 9. The Morgan fingerprint density at radius 1 is 0.697 bits per heavy atom. The number of aromatic hydroxyl groups is 1. The number of phenolic OH excluding ortho intramolecular Hbond substituents is 1. The third-order valence-corrected chi connectivity index (χ3v) is 24.4. The molecule has 37 heteroatoms. The standard InChI is InChI=1S/C85H108ClN11O25/c1-9-114-18-19-115-17-16-90-84(113)117-48-22-38(5)62-49-28-42(10-13-54(49)99)64-78(108)97-68(82(112)95-66(50(62)32-48)80(110)92-63-45-24-40-23-41(26-45)27-46(63)25-40)70(102)44-12-15-56(51(86)29-44)119-58-31-47-30-57(73(58)122-83-74(72(104)71(103)59(35-98)120-83)121-61-34-85(7,88)75(105)39(6)116-61)118-55-14-11-43(21-37(55)4)69(101)67(96-76(106)52(89-8)20-36(2)3)81(111)91-53(33-60(87)100)77(107)93-65(47)79(109)94-64/h10-15,21-22,28-32,36,39-41,45-46,52-53,59,61,63-72,74-75,83,89,98-99,101-105H,9,16-20,23-27,33-35,88H2,1-8H3,(H2,87,100)(H,90,113)(H,91,111)(H,92,110)(H,93,107)(H,94,109)(H,95,112)(H,96,106)(H,97,108)/t39-,40?,41?,45?,46?,52+,53-,59+,61-,63?,64+,65+,66-,67+,68-,69+,70+,71+,72-,74+,75+,83-,85-/m0/s1. The van der Waals surface area contributed by atoms with Crippen LogP contribution in [0.5, 0.6) is 40.2 Å². The summed E-state index contributed by atoms with van der Waals surface area (Å²) in [5.74, 6) is -10.8. The van der Waals surface area contributed by atoms with E-state index in [1.54, 1.807) is 6.92 Å². The number of nitrogens with two attached hydrogens (primary N) is 2. The van der Waals surface area contributed by atoms with Gasteiger partial charge in [0.05, 0.1) is 56.1 Å². The van der Waals surface area contributed by atoms with E-state index in [0.717, 1.165) is 44.2 Å². The first-order valence-electron chi connectivity index (χ1n) is 41.1. The smallest absolute Gasteiger partial charge is 0.412 e.